The lowest BCUT2D eigenvalue weighted by atomic mass is 10.2. The predicted molar refractivity (Wildman–Crippen MR) is 60.7 cm³/mol. The first kappa shape index (κ1) is 16.2. The number of hydrogen-bond acceptors (Lipinski definition) is 2. The Kier molecular flexibility index (Phi) is 7.18. The van der Waals surface area contributed by atoms with Gasteiger partial charge >= 0.3 is 6.18 Å². The van der Waals surface area contributed by atoms with Gasteiger partial charge in [0.15, 0.2) is 0 Å². The zero-order valence-electron chi connectivity index (χ0n) is 10.7. The zero-order valence-corrected chi connectivity index (χ0v) is 10.7. The van der Waals surface area contributed by atoms with Crippen LogP contribution in [0.2, 0.25) is 0 Å². The summed E-state index contributed by atoms with van der Waals surface area (Å²) in [5.41, 5.74) is 0. The maximum atomic E-state index is 12.1. The maximum Gasteiger partial charge on any atom is 0.401 e. The average molecular weight is 254 g/mol. The first-order chi connectivity index (χ1) is 7.80. The molecule has 0 heterocycles. The van der Waals surface area contributed by atoms with Gasteiger partial charge in [-0.15, -0.1) is 0 Å². The lowest BCUT2D eigenvalue weighted by Gasteiger charge is -2.22. The van der Waals surface area contributed by atoms with E-state index in [1.54, 1.807) is 18.9 Å². The summed E-state index contributed by atoms with van der Waals surface area (Å²) in [5.74, 6) is -0.0180. The van der Waals surface area contributed by atoms with Crippen LogP contribution in [-0.2, 0) is 4.79 Å². The lowest BCUT2D eigenvalue weighted by molar-refractivity contribution is -0.145. The van der Waals surface area contributed by atoms with Crippen molar-refractivity contribution in [1.82, 2.24) is 9.80 Å². The number of halogens is 3. The quantitative estimate of drug-likeness (QED) is 0.695. The molecule has 0 radical (unpaired) electrons. The van der Waals surface area contributed by atoms with E-state index in [2.05, 4.69) is 0 Å². The Morgan fingerprint density at radius 2 is 1.76 bits per heavy atom. The van der Waals surface area contributed by atoms with Crippen LogP contribution in [-0.4, -0.2) is 55.1 Å². The van der Waals surface area contributed by atoms with Gasteiger partial charge in [-0.1, -0.05) is 6.92 Å². The SMILES string of the molecule is CCN(CCCC(=O)N(C)CC)CC(F)(F)F. The minimum absolute atomic E-state index is 0.0180. The third-order valence-electron chi connectivity index (χ3n) is 2.62. The van der Waals surface area contributed by atoms with Crippen LogP contribution in [0.25, 0.3) is 0 Å². The normalized spacial score (nSPS) is 11.9. The summed E-state index contributed by atoms with van der Waals surface area (Å²) in [6.45, 7) is 3.92. The van der Waals surface area contributed by atoms with Crippen LogP contribution in [0.3, 0.4) is 0 Å². The van der Waals surface area contributed by atoms with Gasteiger partial charge in [0.05, 0.1) is 6.54 Å². The molecular weight excluding hydrogens is 233 g/mol. The minimum atomic E-state index is -4.17. The topological polar surface area (TPSA) is 23.6 Å². The van der Waals surface area contributed by atoms with Crippen LogP contribution in [0, 0.1) is 0 Å². The summed E-state index contributed by atoms with van der Waals surface area (Å²) >= 11 is 0. The monoisotopic (exact) mass is 254 g/mol. The second kappa shape index (κ2) is 7.53. The van der Waals surface area contributed by atoms with E-state index in [4.69, 9.17) is 0 Å². The van der Waals surface area contributed by atoms with Gasteiger partial charge in [0.2, 0.25) is 5.91 Å². The van der Waals surface area contributed by atoms with E-state index in [0.29, 0.717) is 32.5 Å². The Morgan fingerprint density at radius 3 is 2.18 bits per heavy atom. The Labute approximate surface area is 101 Å². The molecule has 0 aromatic carbocycles. The Balaban J connectivity index is 3.89. The average Bonchev–Trinajstić information content (AvgIpc) is 2.24. The standard InChI is InChI=1S/C11H21F3N2O/c1-4-15(3)10(17)7-6-8-16(5-2)9-11(12,13)14/h4-9H2,1-3H3. The molecule has 0 saturated heterocycles. The molecule has 0 aliphatic rings. The molecule has 3 nitrogen and oxygen atoms in total. The molecule has 102 valence electrons. The van der Waals surface area contributed by atoms with Crippen LogP contribution in [0.1, 0.15) is 26.7 Å². The van der Waals surface area contributed by atoms with Crippen LogP contribution in [0.5, 0.6) is 0 Å². The Bertz CT molecular complexity index is 231. The maximum absolute atomic E-state index is 12.1. The number of hydrogen-bond donors (Lipinski definition) is 0. The largest absolute Gasteiger partial charge is 0.401 e. The van der Waals surface area contributed by atoms with Crippen LogP contribution in [0.4, 0.5) is 13.2 Å². The molecular formula is C11H21F3N2O. The molecule has 1 amide bonds. The molecule has 0 aliphatic heterocycles. The van der Waals surface area contributed by atoms with Crippen molar-refractivity contribution < 1.29 is 18.0 Å². The fourth-order valence-corrected chi connectivity index (χ4v) is 1.42. The molecule has 17 heavy (non-hydrogen) atoms. The van der Waals surface area contributed by atoms with Crippen molar-refractivity contribution in [1.29, 1.82) is 0 Å². The van der Waals surface area contributed by atoms with E-state index < -0.39 is 12.7 Å². The lowest BCUT2D eigenvalue weighted by Crippen LogP contribution is -2.35. The second-order valence-corrected chi connectivity index (χ2v) is 4.00. The Morgan fingerprint density at radius 1 is 1.18 bits per heavy atom. The Hall–Kier alpha value is -0.780. The third-order valence-corrected chi connectivity index (χ3v) is 2.62. The van der Waals surface area contributed by atoms with E-state index in [9.17, 15) is 18.0 Å². The smallest absolute Gasteiger partial charge is 0.346 e. The summed E-state index contributed by atoms with van der Waals surface area (Å²) in [4.78, 5) is 14.3. The van der Waals surface area contributed by atoms with Crippen molar-refractivity contribution in [3.63, 3.8) is 0 Å². The van der Waals surface area contributed by atoms with Crippen molar-refractivity contribution in [3.8, 4) is 0 Å². The molecule has 0 aromatic heterocycles. The van der Waals surface area contributed by atoms with Crippen molar-refractivity contribution in [3.05, 3.63) is 0 Å². The van der Waals surface area contributed by atoms with Crippen LogP contribution < -0.4 is 0 Å². The molecule has 0 atom stereocenters. The molecule has 0 aromatic rings. The number of carbonyl (C=O) groups is 1. The molecule has 0 spiro atoms. The van der Waals surface area contributed by atoms with Crippen molar-refractivity contribution >= 4 is 5.91 Å². The molecule has 0 N–H and O–H groups in total. The van der Waals surface area contributed by atoms with E-state index in [-0.39, 0.29) is 5.91 Å². The third kappa shape index (κ3) is 8.01. The number of amides is 1. The highest BCUT2D eigenvalue weighted by Gasteiger charge is 2.29. The second-order valence-electron chi connectivity index (χ2n) is 4.00. The fourth-order valence-electron chi connectivity index (χ4n) is 1.42. The number of carbonyl (C=O) groups excluding carboxylic acids is 1. The fraction of sp³-hybridized carbons (Fsp3) is 0.909. The van der Waals surface area contributed by atoms with Crippen molar-refractivity contribution in [2.24, 2.45) is 0 Å². The van der Waals surface area contributed by atoms with Gasteiger partial charge in [-0.05, 0) is 26.4 Å². The van der Waals surface area contributed by atoms with E-state index in [0.717, 1.165) is 0 Å². The van der Waals surface area contributed by atoms with Gasteiger partial charge in [-0.3, -0.25) is 9.69 Å². The molecule has 0 aliphatic carbocycles. The summed E-state index contributed by atoms with van der Waals surface area (Å²) < 4.78 is 36.4. The van der Waals surface area contributed by atoms with Gasteiger partial charge in [-0.25, -0.2) is 0 Å². The van der Waals surface area contributed by atoms with Crippen molar-refractivity contribution in [2.75, 3.05) is 33.2 Å². The molecule has 0 unspecified atom stereocenters. The first-order valence-electron chi connectivity index (χ1n) is 5.83. The highest BCUT2D eigenvalue weighted by atomic mass is 19.4. The van der Waals surface area contributed by atoms with Gasteiger partial charge in [-0.2, -0.15) is 13.2 Å². The van der Waals surface area contributed by atoms with Gasteiger partial charge in [0, 0.05) is 20.0 Å². The van der Waals surface area contributed by atoms with E-state index in [1.807, 2.05) is 6.92 Å². The number of nitrogens with zero attached hydrogens (tertiary/aromatic N) is 2. The van der Waals surface area contributed by atoms with E-state index >= 15 is 0 Å². The summed E-state index contributed by atoms with van der Waals surface area (Å²) in [7, 11) is 1.69. The highest BCUT2D eigenvalue weighted by Crippen LogP contribution is 2.16. The number of alkyl halides is 3. The summed E-state index contributed by atoms with van der Waals surface area (Å²) in [6.07, 6.45) is -3.40. The van der Waals surface area contributed by atoms with E-state index in [1.165, 1.54) is 4.90 Å². The summed E-state index contributed by atoms with van der Waals surface area (Å²) in [6, 6.07) is 0. The molecule has 6 heteroatoms. The van der Waals surface area contributed by atoms with Gasteiger partial charge in [0.1, 0.15) is 0 Å². The van der Waals surface area contributed by atoms with Gasteiger partial charge in [0.25, 0.3) is 0 Å². The van der Waals surface area contributed by atoms with Gasteiger partial charge < -0.3 is 4.90 Å². The minimum Gasteiger partial charge on any atom is -0.346 e. The predicted octanol–water partition coefficient (Wildman–Crippen LogP) is 2.13. The van der Waals surface area contributed by atoms with Crippen LogP contribution >= 0.6 is 0 Å². The number of rotatable bonds is 7. The molecule has 0 rings (SSSR count). The van der Waals surface area contributed by atoms with Crippen LogP contribution in [0.15, 0.2) is 0 Å². The highest BCUT2D eigenvalue weighted by molar-refractivity contribution is 5.75. The van der Waals surface area contributed by atoms with Crippen molar-refractivity contribution in [2.45, 2.75) is 32.9 Å². The first-order valence-corrected chi connectivity index (χ1v) is 5.83. The molecule has 0 bridgehead atoms. The molecule has 0 saturated carbocycles. The zero-order chi connectivity index (χ0) is 13.5. The summed E-state index contributed by atoms with van der Waals surface area (Å²) in [5, 5.41) is 0. The molecule has 0 fully saturated rings.